The second-order valence-corrected chi connectivity index (χ2v) is 8.54. The van der Waals surface area contributed by atoms with Gasteiger partial charge in [-0.25, -0.2) is 23.5 Å². The molecule has 210 valence electrons. The highest BCUT2D eigenvalue weighted by atomic mass is 35.5. The first kappa shape index (κ1) is 28.4. The fraction of sp³-hybridized carbons (Fsp3) is 0.269. The second kappa shape index (κ2) is 12.0. The van der Waals surface area contributed by atoms with Crippen LogP contribution in [-0.2, 0) is 16.1 Å². The van der Waals surface area contributed by atoms with Crippen molar-refractivity contribution in [1.29, 1.82) is 0 Å². The lowest BCUT2D eigenvalue weighted by Crippen LogP contribution is -2.17. The van der Waals surface area contributed by atoms with Gasteiger partial charge in [0.25, 0.3) is 0 Å². The summed E-state index contributed by atoms with van der Waals surface area (Å²) in [5, 5.41) is -0.000338. The Balaban J connectivity index is 1.85. The summed E-state index contributed by atoms with van der Waals surface area (Å²) in [6.07, 6.45) is 0. The van der Waals surface area contributed by atoms with Crippen molar-refractivity contribution in [2.45, 2.75) is 20.5 Å². The number of ketones is 1. The Morgan fingerprint density at radius 1 is 1.07 bits per heavy atom. The zero-order valence-electron chi connectivity index (χ0n) is 21.9. The van der Waals surface area contributed by atoms with Crippen molar-refractivity contribution in [2.75, 3.05) is 27.4 Å². The van der Waals surface area contributed by atoms with Crippen LogP contribution in [0.25, 0.3) is 16.9 Å². The van der Waals surface area contributed by atoms with Gasteiger partial charge in [-0.3, -0.25) is 9.78 Å². The molecule has 0 bridgehead atoms. The predicted molar refractivity (Wildman–Crippen MR) is 140 cm³/mol. The number of aromatic amines is 1. The molecule has 0 unspecified atom stereocenters. The maximum Gasteiger partial charge on any atom is 0.344 e. The third-order valence-electron chi connectivity index (χ3n) is 5.58. The minimum Gasteiger partial charge on any atom is -0.496 e. The third kappa shape index (κ3) is 5.69. The molecular formula is C26H24ClFN4O8. The highest BCUT2D eigenvalue weighted by molar-refractivity contribution is 6.32. The van der Waals surface area contributed by atoms with Crippen molar-refractivity contribution in [3.8, 4) is 28.8 Å². The Morgan fingerprint density at radius 2 is 1.82 bits per heavy atom. The van der Waals surface area contributed by atoms with E-state index >= 15 is 0 Å². The number of esters is 1. The molecule has 0 atom stereocenters. The lowest BCUT2D eigenvalue weighted by atomic mass is 10.2. The van der Waals surface area contributed by atoms with E-state index in [4.69, 9.17) is 35.3 Å². The molecule has 0 fully saturated rings. The number of aromatic nitrogens is 4. The van der Waals surface area contributed by atoms with Gasteiger partial charge in [0.1, 0.15) is 23.7 Å². The normalized spacial score (nSPS) is 10.8. The van der Waals surface area contributed by atoms with Gasteiger partial charge in [0.15, 0.2) is 29.5 Å². The fourth-order valence-electron chi connectivity index (χ4n) is 3.77. The van der Waals surface area contributed by atoms with Gasteiger partial charge < -0.3 is 23.7 Å². The van der Waals surface area contributed by atoms with E-state index in [0.717, 1.165) is 4.57 Å². The number of H-pyrrole nitrogens is 1. The molecule has 2 aromatic heterocycles. The Labute approximate surface area is 231 Å². The number of ether oxygens (including phenoxy) is 5. The number of carbonyl (C=O) groups is 2. The molecular weight excluding hydrogens is 551 g/mol. The van der Waals surface area contributed by atoms with Gasteiger partial charge in [-0.2, -0.15) is 4.98 Å². The summed E-state index contributed by atoms with van der Waals surface area (Å²) in [6, 6.07) is 6.98. The summed E-state index contributed by atoms with van der Waals surface area (Å²) in [4.78, 5) is 47.9. The van der Waals surface area contributed by atoms with Gasteiger partial charge in [0.2, 0.25) is 11.7 Å². The van der Waals surface area contributed by atoms with E-state index in [0.29, 0.717) is 0 Å². The van der Waals surface area contributed by atoms with Crippen LogP contribution in [0, 0.1) is 5.82 Å². The molecule has 0 amide bonds. The summed E-state index contributed by atoms with van der Waals surface area (Å²) in [5.41, 5.74) is -0.356. The zero-order chi connectivity index (χ0) is 29.0. The highest BCUT2D eigenvalue weighted by Gasteiger charge is 2.23. The average Bonchev–Trinajstić information content (AvgIpc) is 3.26. The van der Waals surface area contributed by atoms with Crippen LogP contribution in [0.5, 0.6) is 23.1 Å². The first-order chi connectivity index (χ1) is 19.2. The number of fused-ring (bicyclic) bond motifs is 1. The van der Waals surface area contributed by atoms with E-state index in [1.165, 1.54) is 45.4 Å². The highest BCUT2D eigenvalue weighted by Crippen LogP contribution is 2.37. The molecule has 14 heteroatoms. The predicted octanol–water partition coefficient (Wildman–Crippen LogP) is 3.64. The van der Waals surface area contributed by atoms with Gasteiger partial charge in [0, 0.05) is 19.1 Å². The molecule has 0 aliphatic carbocycles. The molecule has 12 nitrogen and oxygen atoms in total. The molecule has 1 N–H and O–H groups in total. The van der Waals surface area contributed by atoms with Gasteiger partial charge >= 0.3 is 11.7 Å². The molecule has 0 spiro atoms. The number of hydrogen-bond donors (Lipinski definition) is 1. The first-order valence-electron chi connectivity index (χ1n) is 11.8. The number of imidazole rings is 1. The van der Waals surface area contributed by atoms with Gasteiger partial charge in [-0.1, -0.05) is 17.7 Å². The quantitative estimate of drug-likeness (QED) is 0.208. The third-order valence-corrected chi connectivity index (χ3v) is 5.89. The van der Waals surface area contributed by atoms with Crippen LogP contribution in [0.15, 0.2) is 35.1 Å². The summed E-state index contributed by atoms with van der Waals surface area (Å²) in [6.45, 7) is 2.29. The number of nitrogens with one attached hydrogen (secondary N) is 1. The van der Waals surface area contributed by atoms with E-state index in [2.05, 4.69) is 15.0 Å². The van der Waals surface area contributed by atoms with Crippen molar-refractivity contribution < 1.29 is 37.7 Å². The minimum atomic E-state index is -0.674. The van der Waals surface area contributed by atoms with Crippen LogP contribution in [0.2, 0.25) is 5.02 Å². The number of carbonyl (C=O) groups excluding carboxylic acids is 2. The number of rotatable bonds is 11. The lowest BCUT2D eigenvalue weighted by Gasteiger charge is -2.17. The maximum absolute atomic E-state index is 14.6. The Hall–Kier alpha value is -4.65. The van der Waals surface area contributed by atoms with Crippen molar-refractivity contribution in [2.24, 2.45) is 0 Å². The number of methoxy groups -OCH3 is 2. The van der Waals surface area contributed by atoms with Crippen molar-refractivity contribution in [3.63, 3.8) is 0 Å². The molecule has 2 aromatic carbocycles. The van der Waals surface area contributed by atoms with Crippen LogP contribution in [-0.4, -0.2) is 58.7 Å². The van der Waals surface area contributed by atoms with E-state index in [9.17, 15) is 18.8 Å². The first-order valence-corrected chi connectivity index (χ1v) is 12.2. The van der Waals surface area contributed by atoms with E-state index < -0.39 is 29.9 Å². The Bertz CT molecular complexity index is 1650. The summed E-state index contributed by atoms with van der Waals surface area (Å²) in [7, 11) is 2.72. The molecule has 4 rings (SSSR count). The number of hydrogen-bond acceptors (Lipinski definition) is 10. The van der Waals surface area contributed by atoms with Gasteiger partial charge in [-0.15, -0.1) is 0 Å². The van der Waals surface area contributed by atoms with E-state index in [1.54, 1.807) is 13.0 Å². The van der Waals surface area contributed by atoms with Crippen LogP contribution >= 0.6 is 11.6 Å². The van der Waals surface area contributed by atoms with Crippen LogP contribution in [0.3, 0.4) is 0 Å². The largest absolute Gasteiger partial charge is 0.496 e. The summed E-state index contributed by atoms with van der Waals surface area (Å²) < 4.78 is 42.5. The average molecular weight is 575 g/mol. The molecule has 4 aromatic rings. The van der Waals surface area contributed by atoms with Crippen molar-refractivity contribution in [1.82, 2.24) is 19.5 Å². The lowest BCUT2D eigenvalue weighted by molar-refractivity contribution is -0.145. The number of benzene rings is 2. The van der Waals surface area contributed by atoms with Gasteiger partial charge in [-0.05, 0) is 19.1 Å². The van der Waals surface area contributed by atoms with Crippen LogP contribution in [0.4, 0.5) is 4.39 Å². The number of nitrogens with zero attached hydrogens (tertiary/aromatic N) is 3. The minimum absolute atomic E-state index is 0.000338. The molecule has 0 saturated carbocycles. The van der Waals surface area contributed by atoms with Crippen molar-refractivity contribution >= 4 is 34.5 Å². The summed E-state index contributed by atoms with van der Waals surface area (Å²) >= 11 is 6.56. The number of halogens is 2. The molecule has 0 aliphatic rings. The van der Waals surface area contributed by atoms with E-state index in [-0.39, 0.29) is 69.6 Å². The Morgan fingerprint density at radius 3 is 2.50 bits per heavy atom. The second-order valence-electron chi connectivity index (χ2n) is 8.13. The molecule has 0 radical (unpaired) electrons. The molecule has 0 saturated heterocycles. The standard InChI is InChI=1S/C26H24ClFN4O8/c1-5-38-21(34)12-40-19-9-15(27)17(10-20(19)39-11-14-16(28)7-6-8-18(14)36-3)32-24-22(29-26(32)35)25(37-4)31-23(30-24)13(2)33/h6-10H,5,11-12H2,1-4H3,(H,29,35). The molecule has 2 heterocycles. The summed E-state index contributed by atoms with van der Waals surface area (Å²) in [5.74, 6) is -1.63. The van der Waals surface area contributed by atoms with Crippen molar-refractivity contribution in [3.05, 3.63) is 63.0 Å². The van der Waals surface area contributed by atoms with Gasteiger partial charge in [0.05, 0.1) is 37.1 Å². The van der Waals surface area contributed by atoms with Crippen LogP contribution in [0.1, 0.15) is 30.0 Å². The topological polar surface area (TPSA) is 144 Å². The molecule has 0 aliphatic heterocycles. The zero-order valence-corrected chi connectivity index (χ0v) is 22.6. The monoisotopic (exact) mass is 574 g/mol. The number of Topliss-reactive ketones (excluding diaryl/α,β-unsaturated/α-hetero) is 1. The smallest absolute Gasteiger partial charge is 0.344 e. The fourth-order valence-corrected chi connectivity index (χ4v) is 4.01. The molecule has 40 heavy (non-hydrogen) atoms. The van der Waals surface area contributed by atoms with Crippen LogP contribution < -0.4 is 24.6 Å². The SMILES string of the molecule is CCOC(=O)COc1cc(Cl)c(-n2c(=O)[nH]c3c(OC)nc(C(C)=O)nc32)cc1OCc1c(F)cccc1OC. The Kier molecular flexibility index (Phi) is 8.53. The van der Waals surface area contributed by atoms with E-state index in [1.807, 2.05) is 0 Å². The maximum atomic E-state index is 14.6.